The van der Waals surface area contributed by atoms with E-state index in [1.807, 2.05) is 27.7 Å². The summed E-state index contributed by atoms with van der Waals surface area (Å²) in [6, 6.07) is -0.204. The van der Waals surface area contributed by atoms with E-state index in [1.54, 1.807) is 11.8 Å². The van der Waals surface area contributed by atoms with Crippen LogP contribution >= 0.6 is 0 Å². The van der Waals surface area contributed by atoms with Gasteiger partial charge in [-0.3, -0.25) is 0 Å². The molecule has 0 saturated carbocycles. The third kappa shape index (κ3) is 3.44. The lowest BCUT2D eigenvalue weighted by Crippen LogP contribution is -2.44. The first-order valence-corrected chi connectivity index (χ1v) is 5.83. The second-order valence-corrected chi connectivity index (χ2v) is 4.22. The number of hydrogen-bond donors (Lipinski definition) is 1. The molecule has 96 valence electrons. The molecule has 0 saturated heterocycles. The zero-order valence-corrected chi connectivity index (χ0v) is 11.0. The van der Waals surface area contributed by atoms with E-state index in [0.717, 1.165) is 0 Å². The highest BCUT2D eigenvalue weighted by Crippen LogP contribution is 2.09. The highest BCUT2D eigenvalue weighted by Gasteiger charge is 2.19. The van der Waals surface area contributed by atoms with Crippen LogP contribution in [-0.2, 0) is 0 Å². The van der Waals surface area contributed by atoms with Gasteiger partial charge in [-0.15, -0.1) is 0 Å². The molecule has 0 spiro atoms. The molecule has 17 heavy (non-hydrogen) atoms. The van der Waals surface area contributed by atoms with Crippen molar-refractivity contribution < 1.29 is 9.32 Å². The van der Waals surface area contributed by atoms with E-state index in [0.29, 0.717) is 18.3 Å². The van der Waals surface area contributed by atoms with Crippen molar-refractivity contribution >= 4 is 6.03 Å². The molecule has 6 nitrogen and oxygen atoms in total. The third-order valence-electron chi connectivity index (χ3n) is 2.50. The van der Waals surface area contributed by atoms with E-state index in [1.165, 1.54) is 0 Å². The average molecular weight is 240 g/mol. The van der Waals surface area contributed by atoms with Crippen LogP contribution in [0.5, 0.6) is 0 Å². The van der Waals surface area contributed by atoms with Gasteiger partial charge in [0.15, 0.2) is 5.82 Å². The smallest absolute Gasteiger partial charge is 0.318 e. The molecule has 0 aliphatic carbocycles. The molecular formula is C11H20N4O2. The maximum atomic E-state index is 11.9. The predicted octanol–water partition coefficient (Wildman–Crippen LogP) is 1.88. The largest absolute Gasteiger partial charge is 0.340 e. The summed E-state index contributed by atoms with van der Waals surface area (Å²) < 4.78 is 4.88. The Morgan fingerprint density at radius 3 is 2.53 bits per heavy atom. The van der Waals surface area contributed by atoms with Crippen LogP contribution in [0.15, 0.2) is 4.52 Å². The Morgan fingerprint density at radius 2 is 2.12 bits per heavy atom. The van der Waals surface area contributed by atoms with Gasteiger partial charge in [0, 0.05) is 19.5 Å². The summed E-state index contributed by atoms with van der Waals surface area (Å²) in [5, 5.41) is 6.62. The number of amides is 2. The Bertz CT molecular complexity index is 375. The zero-order valence-electron chi connectivity index (χ0n) is 11.0. The number of urea groups is 1. The van der Waals surface area contributed by atoms with E-state index in [9.17, 15) is 4.79 Å². The molecule has 1 aromatic rings. The number of aromatic nitrogens is 2. The van der Waals surface area contributed by atoms with Crippen LogP contribution in [-0.4, -0.2) is 33.7 Å². The molecule has 1 unspecified atom stereocenters. The Balaban J connectivity index is 2.62. The maximum absolute atomic E-state index is 11.9. The fourth-order valence-corrected chi connectivity index (χ4v) is 1.57. The maximum Gasteiger partial charge on any atom is 0.318 e. The summed E-state index contributed by atoms with van der Waals surface area (Å²) in [6.07, 6.45) is 0. The highest BCUT2D eigenvalue weighted by atomic mass is 16.5. The normalized spacial score (nSPS) is 12.6. The van der Waals surface area contributed by atoms with Gasteiger partial charge >= 0.3 is 6.03 Å². The molecule has 0 radical (unpaired) electrons. The van der Waals surface area contributed by atoms with Gasteiger partial charge in [0.1, 0.15) is 0 Å². The van der Waals surface area contributed by atoms with Crippen molar-refractivity contribution in [2.75, 3.05) is 6.54 Å². The number of nitrogens with zero attached hydrogens (tertiary/aromatic N) is 3. The number of carbonyl (C=O) groups excluding carboxylic acids is 1. The van der Waals surface area contributed by atoms with Gasteiger partial charge in [0.25, 0.3) is 0 Å². The van der Waals surface area contributed by atoms with Crippen molar-refractivity contribution in [3.8, 4) is 0 Å². The molecule has 1 N–H and O–H groups in total. The van der Waals surface area contributed by atoms with Crippen LogP contribution in [0.25, 0.3) is 0 Å². The minimum atomic E-state index is -0.257. The highest BCUT2D eigenvalue weighted by molar-refractivity contribution is 5.74. The fourth-order valence-electron chi connectivity index (χ4n) is 1.57. The molecule has 6 heteroatoms. The van der Waals surface area contributed by atoms with Crippen molar-refractivity contribution in [2.45, 2.75) is 46.7 Å². The second-order valence-electron chi connectivity index (χ2n) is 4.22. The molecule has 1 heterocycles. The summed E-state index contributed by atoms with van der Waals surface area (Å²) in [6.45, 7) is 10.1. The molecule has 0 bridgehead atoms. The van der Waals surface area contributed by atoms with Crippen LogP contribution in [0.2, 0.25) is 0 Å². The Kier molecular flexibility index (Phi) is 4.48. The topological polar surface area (TPSA) is 71.3 Å². The van der Waals surface area contributed by atoms with Gasteiger partial charge in [0.05, 0.1) is 6.04 Å². The number of rotatable bonds is 4. The minimum absolute atomic E-state index is 0.113. The van der Waals surface area contributed by atoms with E-state index in [-0.39, 0.29) is 18.1 Å². The summed E-state index contributed by atoms with van der Waals surface area (Å²) in [5.74, 6) is 0.993. The van der Waals surface area contributed by atoms with Crippen LogP contribution in [0.1, 0.15) is 45.5 Å². The zero-order chi connectivity index (χ0) is 13.0. The summed E-state index contributed by atoms with van der Waals surface area (Å²) >= 11 is 0. The molecule has 1 aromatic heterocycles. The number of aryl methyl sites for hydroxylation is 1. The molecule has 0 aromatic carbocycles. The van der Waals surface area contributed by atoms with E-state index < -0.39 is 0 Å². The molecule has 0 aliphatic rings. The van der Waals surface area contributed by atoms with E-state index >= 15 is 0 Å². The quantitative estimate of drug-likeness (QED) is 0.872. The molecule has 0 fully saturated rings. The standard InChI is InChI=1S/C11H20N4O2/c1-6-15(7(2)3)11(16)12-8(4)10-13-9(5)17-14-10/h7-8H,6H2,1-5H3,(H,12,16). The van der Waals surface area contributed by atoms with E-state index in [2.05, 4.69) is 15.5 Å². The molecule has 2 amide bonds. The number of hydrogen-bond acceptors (Lipinski definition) is 4. The fraction of sp³-hybridized carbons (Fsp3) is 0.727. The molecule has 1 rings (SSSR count). The lowest BCUT2D eigenvalue weighted by atomic mass is 10.3. The van der Waals surface area contributed by atoms with E-state index in [4.69, 9.17) is 4.52 Å². The Labute approximate surface area is 101 Å². The van der Waals surface area contributed by atoms with Crippen molar-refractivity contribution in [1.82, 2.24) is 20.4 Å². The third-order valence-corrected chi connectivity index (χ3v) is 2.50. The first-order valence-electron chi connectivity index (χ1n) is 5.83. The van der Waals surface area contributed by atoms with Gasteiger partial charge in [-0.2, -0.15) is 4.98 Å². The summed E-state index contributed by atoms with van der Waals surface area (Å²) in [7, 11) is 0. The van der Waals surface area contributed by atoms with Gasteiger partial charge in [-0.25, -0.2) is 4.79 Å². The van der Waals surface area contributed by atoms with Crippen LogP contribution in [0.3, 0.4) is 0 Å². The van der Waals surface area contributed by atoms with Crippen molar-refractivity contribution in [1.29, 1.82) is 0 Å². The lowest BCUT2D eigenvalue weighted by Gasteiger charge is -2.26. The second kappa shape index (κ2) is 5.65. The Hall–Kier alpha value is -1.59. The SMILES string of the molecule is CCN(C(=O)NC(C)c1noc(C)n1)C(C)C. The monoisotopic (exact) mass is 240 g/mol. The van der Waals surface area contributed by atoms with Crippen molar-refractivity contribution in [2.24, 2.45) is 0 Å². The number of nitrogens with one attached hydrogen (secondary N) is 1. The van der Waals surface area contributed by atoms with Crippen molar-refractivity contribution in [3.63, 3.8) is 0 Å². The Morgan fingerprint density at radius 1 is 1.47 bits per heavy atom. The van der Waals surface area contributed by atoms with Crippen LogP contribution in [0.4, 0.5) is 4.79 Å². The van der Waals surface area contributed by atoms with Gasteiger partial charge < -0.3 is 14.7 Å². The van der Waals surface area contributed by atoms with Gasteiger partial charge in [0.2, 0.25) is 5.89 Å². The molecule has 0 aliphatic heterocycles. The molecule has 1 atom stereocenters. The first-order chi connectivity index (χ1) is 7.95. The first kappa shape index (κ1) is 13.5. The molecular weight excluding hydrogens is 220 g/mol. The average Bonchev–Trinajstić information content (AvgIpc) is 2.65. The number of carbonyl (C=O) groups is 1. The lowest BCUT2D eigenvalue weighted by molar-refractivity contribution is 0.183. The minimum Gasteiger partial charge on any atom is -0.340 e. The van der Waals surface area contributed by atoms with Gasteiger partial charge in [-0.1, -0.05) is 5.16 Å². The predicted molar refractivity (Wildman–Crippen MR) is 63.5 cm³/mol. The van der Waals surface area contributed by atoms with Crippen molar-refractivity contribution in [3.05, 3.63) is 11.7 Å². The van der Waals surface area contributed by atoms with Gasteiger partial charge in [-0.05, 0) is 27.7 Å². The van der Waals surface area contributed by atoms with Crippen LogP contribution < -0.4 is 5.32 Å². The summed E-state index contributed by atoms with van der Waals surface area (Å²) in [5.41, 5.74) is 0. The summed E-state index contributed by atoms with van der Waals surface area (Å²) in [4.78, 5) is 17.8. The van der Waals surface area contributed by atoms with Crippen LogP contribution in [0, 0.1) is 6.92 Å².